The van der Waals surface area contributed by atoms with Crippen LogP contribution < -0.4 is 9.80 Å². The molecule has 6 aromatic rings. The molecule has 0 amide bonds. The molecular formula is C55H52N2S. The number of thiophene rings is 1. The van der Waals surface area contributed by atoms with E-state index in [-0.39, 0.29) is 0 Å². The van der Waals surface area contributed by atoms with Crippen LogP contribution in [0.15, 0.2) is 206 Å². The summed E-state index contributed by atoms with van der Waals surface area (Å²) < 4.78 is 1.26. The Hall–Kier alpha value is -6.42. The molecule has 0 aliphatic heterocycles. The summed E-state index contributed by atoms with van der Waals surface area (Å²) in [5.41, 5.74) is 14.8. The molecule has 1 heterocycles. The third-order valence-electron chi connectivity index (χ3n) is 10.4. The minimum absolute atomic E-state index is 0.888. The van der Waals surface area contributed by atoms with Gasteiger partial charge in [0, 0.05) is 38.7 Å². The van der Waals surface area contributed by atoms with Gasteiger partial charge in [-0.3, -0.25) is 0 Å². The van der Waals surface area contributed by atoms with E-state index in [1.165, 1.54) is 37.2 Å². The first-order valence-corrected chi connectivity index (χ1v) is 21.1. The quantitative estimate of drug-likeness (QED) is 0.102. The Morgan fingerprint density at radius 3 is 2.14 bits per heavy atom. The third kappa shape index (κ3) is 8.46. The molecule has 0 bridgehead atoms. The molecule has 0 atom stereocenters. The summed E-state index contributed by atoms with van der Waals surface area (Å²) in [4.78, 5) is 6.28. The van der Waals surface area contributed by atoms with Crippen molar-refractivity contribution < 1.29 is 0 Å². The maximum Gasteiger partial charge on any atom is 0.0661 e. The normalized spacial score (nSPS) is 13.3. The van der Waals surface area contributed by atoms with E-state index < -0.39 is 0 Å². The van der Waals surface area contributed by atoms with Gasteiger partial charge in [0.25, 0.3) is 0 Å². The van der Waals surface area contributed by atoms with Crippen LogP contribution in [0.3, 0.4) is 0 Å². The molecule has 1 aliphatic rings. The van der Waals surface area contributed by atoms with Crippen LogP contribution >= 0.6 is 11.3 Å². The minimum Gasteiger partial charge on any atom is -0.311 e. The van der Waals surface area contributed by atoms with Gasteiger partial charge in [-0.1, -0.05) is 141 Å². The van der Waals surface area contributed by atoms with Gasteiger partial charge in [-0.25, -0.2) is 0 Å². The SMILES string of the molecule is C=C/C(=C\C=C/C)c1cccc(N(C(/C=C\C)=C/CC)c2cc(N(c3ccccc3)c3cccc(-c4ccccc4)c3)c3sc4c(c3c2)C=C(C(=C)/C=C\C)CC4)c1. The number of nitrogens with zero attached hydrogens (tertiary/aromatic N) is 2. The first kappa shape index (κ1) is 39.8. The first-order valence-electron chi connectivity index (χ1n) is 20.3. The number of benzene rings is 5. The molecule has 0 N–H and O–H groups in total. The topological polar surface area (TPSA) is 6.48 Å². The molecule has 5 aromatic carbocycles. The highest BCUT2D eigenvalue weighted by molar-refractivity contribution is 7.20. The standard InChI is InChI=1S/C55H52N2S/c1-7-12-24-41(11-5)44-27-19-31-48(35-44)56(46(22-9-3)23-10-4)50-38-52-51-37-43(40(6)21-8-2)33-34-54(51)58-55(52)53(39-50)57(47-29-17-14-18-30-47)49-32-20-28-45(36-49)42-25-15-13-16-26-42/h7-9,11-32,35-39H,5-6,10,33-34H2,1-4H3/b12-7-,21-8-,22-9-,41-24+,46-23+. The maximum atomic E-state index is 4.46. The smallest absolute Gasteiger partial charge is 0.0661 e. The lowest BCUT2D eigenvalue weighted by molar-refractivity contribution is 0.965. The van der Waals surface area contributed by atoms with E-state index in [0.29, 0.717) is 0 Å². The molecule has 0 saturated heterocycles. The van der Waals surface area contributed by atoms with E-state index in [2.05, 4.69) is 214 Å². The summed E-state index contributed by atoms with van der Waals surface area (Å²) in [5.74, 6) is 0. The van der Waals surface area contributed by atoms with Crippen molar-refractivity contribution in [1.29, 1.82) is 0 Å². The molecular weight excluding hydrogens is 721 g/mol. The van der Waals surface area contributed by atoms with Crippen LogP contribution in [-0.4, -0.2) is 0 Å². The lowest BCUT2D eigenvalue weighted by Gasteiger charge is -2.31. The van der Waals surface area contributed by atoms with E-state index in [1.54, 1.807) is 0 Å². The summed E-state index contributed by atoms with van der Waals surface area (Å²) in [6, 6.07) is 44.1. The second-order valence-electron chi connectivity index (χ2n) is 14.3. The van der Waals surface area contributed by atoms with Crippen LogP contribution in [0.2, 0.25) is 0 Å². The Morgan fingerprint density at radius 2 is 1.41 bits per heavy atom. The van der Waals surface area contributed by atoms with Gasteiger partial charge < -0.3 is 9.80 Å². The van der Waals surface area contributed by atoms with Gasteiger partial charge in [0.15, 0.2) is 0 Å². The fraction of sp³-hybridized carbons (Fsp3) is 0.127. The molecule has 0 unspecified atom stereocenters. The number of fused-ring (bicyclic) bond motifs is 3. The molecule has 0 saturated carbocycles. The van der Waals surface area contributed by atoms with Gasteiger partial charge in [0.2, 0.25) is 0 Å². The first-order chi connectivity index (χ1) is 28.5. The molecule has 7 rings (SSSR count). The molecule has 3 heteroatoms. The fourth-order valence-electron chi connectivity index (χ4n) is 7.76. The van der Waals surface area contributed by atoms with Crippen molar-refractivity contribution in [2.75, 3.05) is 9.80 Å². The number of hydrogen-bond acceptors (Lipinski definition) is 3. The molecule has 58 heavy (non-hydrogen) atoms. The van der Waals surface area contributed by atoms with Crippen molar-refractivity contribution in [3.05, 3.63) is 222 Å². The van der Waals surface area contributed by atoms with Crippen LogP contribution in [0.5, 0.6) is 0 Å². The Balaban J connectivity index is 1.56. The summed E-state index contributed by atoms with van der Waals surface area (Å²) in [6.45, 7) is 17.0. The molecule has 1 aromatic heterocycles. The van der Waals surface area contributed by atoms with Gasteiger partial charge in [0.1, 0.15) is 0 Å². The average molecular weight is 773 g/mol. The van der Waals surface area contributed by atoms with Gasteiger partial charge >= 0.3 is 0 Å². The predicted molar refractivity (Wildman–Crippen MR) is 257 cm³/mol. The number of allylic oxidation sites excluding steroid dienone is 12. The van der Waals surface area contributed by atoms with E-state index in [0.717, 1.165) is 70.1 Å². The van der Waals surface area contributed by atoms with E-state index >= 15 is 0 Å². The number of anilines is 5. The molecule has 0 radical (unpaired) electrons. The predicted octanol–water partition coefficient (Wildman–Crippen LogP) is 16.7. The zero-order chi connectivity index (χ0) is 40.4. The van der Waals surface area contributed by atoms with Gasteiger partial charge in [0.05, 0.1) is 10.4 Å². The number of rotatable bonds is 14. The number of aryl methyl sites for hydroxylation is 1. The van der Waals surface area contributed by atoms with Crippen molar-refractivity contribution in [1.82, 2.24) is 0 Å². The van der Waals surface area contributed by atoms with Crippen molar-refractivity contribution in [3.63, 3.8) is 0 Å². The van der Waals surface area contributed by atoms with Crippen molar-refractivity contribution in [2.45, 2.75) is 47.0 Å². The summed E-state index contributed by atoms with van der Waals surface area (Å²) >= 11 is 1.93. The zero-order valence-corrected chi connectivity index (χ0v) is 35.0. The van der Waals surface area contributed by atoms with Crippen molar-refractivity contribution in [2.24, 2.45) is 0 Å². The van der Waals surface area contributed by atoms with Crippen LogP contribution in [0.25, 0.3) is 32.9 Å². The largest absolute Gasteiger partial charge is 0.311 e. The van der Waals surface area contributed by atoms with E-state index in [4.69, 9.17) is 0 Å². The van der Waals surface area contributed by atoms with Gasteiger partial charge in [-0.2, -0.15) is 0 Å². The van der Waals surface area contributed by atoms with E-state index in [1.807, 2.05) is 30.4 Å². The van der Waals surface area contributed by atoms with Gasteiger partial charge in [-0.05, 0) is 140 Å². The highest BCUT2D eigenvalue weighted by atomic mass is 32.1. The second kappa shape index (κ2) is 18.7. The zero-order valence-electron chi connectivity index (χ0n) is 34.2. The maximum absolute atomic E-state index is 4.46. The Morgan fingerprint density at radius 1 is 0.707 bits per heavy atom. The summed E-state index contributed by atoms with van der Waals surface area (Å²) in [5, 5.41) is 1.25. The van der Waals surface area contributed by atoms with Gasteiger partial charge in [-0.15, -0.1) is 11.3 Å². The lowest BCUT2D eigenvalue weighted by atomic mass is 9.91. The highest BCUT2D eigenvalue weighted by Crippen LogP contribution is 2.50. The van der Waals surface area contributed by atoms with Crippen LogP contribution in [0, 0.1) is 0 Å². The third-order valence-corrected chi connectivity index (χ3v) is 11.8. The molecule has 2 nitrogen and oxygen atoms in total. The molecule has 1 aliphatic carbocycles. The molecule has 288 valence electrons. The van der Waals surface area contributed by atoms with Crippen LogP contribution in [0.4, 0.5) is 28.4 Å². The number of para-hydroxylation sites is 1. The van der Waals surface area contributed by atoms with Crippen LogP contribution in [0.1, 0.15) is 56.5 Å². The van der Waals surface area contributed by atoms with Crippen molar-refractivity contribution >= 4 is 61.5 Å². The monoisotopic (exact) mass is 772 g/mol. The fourth-order valence-corrected chi connectivity index (χ4v) is 9.02. The summed E-state index contributed by atoms with van der Waals surface area (Å²) in [7, 11) is 0. The Kier molecular flexibility index (Phi) is 12.8. The van der Waals surface area contributed by atoms with E-state index in [9.17, 15) is 0 Å². The second-order valence-corrected chi connectivity index (χ2v) is 15.4. The summed E-state index contributed by atoms with van der Waals surface area (Å²) in [6.07, 6.45) is 24.3. The Bertz CT molecular complexity index is 2610. The highest BCUT2D eigenvalue weighted by Gasteiger charge is 2.26. The lowest BCUT2D eigenvalue weighted by Crippen LogP contribution is -2.17. The molecule has 0 spiro atoms. The van der Waals surface area contributed by atoms with Crippen LogP contribution in [-0.2, 0) is 6.42 Å². The number of hydrogen-bond donors (Lipinski definition) is 0. The minimum atomic E-state index is 0.888. The molecule has 0 fully saturated rings. The van der Waals surface area contributed by atoms with Crippen molar-refractivity contribution in [3.8, 4) is 11.1 Å². The average Bonchev–Trinajstić information content (AvgIpc) is 3.63. The Labute approximate surface area is 349 Å².